The van der Waals surface area contributed by atoms with Crippen molar-refractivity contribution >= 4 is 131 Å². The van der Waals surface area contributed by atoms with Gasteiger partial charge in [0.25, 0.3) is 0 Å². The molecule has 27 aromatic rings. The van der Waals surface area contributed by atoms with E-state index in [1.165, 1.54) is 43.1 Å². The fourth-order valence-electron chi connectivity index (χ4n) is 20.8. The molecule has 0 radical (unpaired) electrons. The standard InChI is InChI=1S/C120H74N12/c1-5-30-75(31-6-1)115-121-116(76-32-7-2-8-33-76)124-119(123-115)95-62-56-81(69-113(95)131-109-64-58-83(127-101-48-21-13-40-87(101)88-41-14-22-49-102(88)127)71-97(109)98-72-84(59-65-110(98)131)128-103-50-23-15-42-89(103)90-43-16-24-51-104(90)128)79-38-29-39-80(68-79)82-57-63-96(120-125-117(77-34-9-3-10-35-77)122-118(126-120)78-36-11-4-12-37-78)114(70-82)132-111-66-60-85(129-105-52-25-17-44-91(105)92-45-18-26-53-106(92)129)73-99(111)100-74-86(61-67-112(100)132)130-107-54-27-19-46-93(107)94-47-20-28-55-108(94)130/h1-74H. The molecule has 132 heavy (non-hydrogen) atoms. The van der Waals surface area contributed by atoms with Crippen molar-refractivity contribution in [2.24, 2.45) is 0 Å². The maximum atomic E-state index is 5.55. The van der Waals surface area contributed by atoms with Gasteiger partial charge < -0.3 is 27.4 Å². The van der Waals surface area contributed by atoms with Crippen molar-refractivity contribution in [3.05, 3.63) is 449 Å². The van der Waals surface area contributed by atoms with E-state index in [2.05, 4.69) is 404 Å². The molecule has 614 valence electrons. The van der Waals surface area contributed by atoms with E-state index < -0.39 is 0 Å². The van der Waals surface area contributed by atoms with Crippen molar-refractivity contribution in [3.8, 4) is 125 Å². The highest BCUT2D eigenvalue weighted by molar-refractivity contribution is 6.18. The monoisotopic (exact) mass is 1680 g/mol. The quantitative estimate of drug-likeness (QED) is 0.107. The van der Waals surface area contributed by atoms with Crippen molar-refractivity contribution in [3.63, 3.8) is 0 Å². The van der Waals surface area contributed by atoms with E-state index in [0.29, 0.717) is 34.9 Å². The number of para-hydroxylation sites is 8. The predicted molar refractivity (Wildman–Crippen MR) is 543 cm³/mol. The largest absolute Gasteiger partial charge is 0.309 e. The van der Waals surface area contributed by atoms with E-state index in [-0.39, 0.29) is 0 Å². The lowest BCUT2D eigenvalue weighted by Crippen LogP contribution is -2.04. The molecule has 19 aromatic carbocycles. The van der Waals surface area contributed by atoms with Gasteiger partial charge in [-0.3, -0.25) is 0 Å². The molecule has 0 atom stereocenters. The summed E-state index contributed by atoms with van der Waals surface area (Å²) in [6.07, 6.45) is 0. The van der Waals surface area contributed by atoms with E-state index in [9.17, 15) is 0 Å². The molecule has 8 heterocycles. The van der Waals surface area contributed by atoms with E-state index >= 15 is 0 Å². The average molecular weight is 1680 g/mol. The summed E-state index contributed by atoms with van der Waals surface area (Å²) in [7, 11) is 0. The fraction of sp³-hybridized carbons (Fsp3) is 0. The lowest BCUT2D eigenvalue weighted by molar-refractivity contribution is 1.06. The molecule has 0 unspecified atom stereocenters. The minimum absolute atomic E-state index is 0.533. The van der Waals surface area contributed by atoms with Gasteiger partial charge in [0.05, 0.1) is 77.6 Å². The molecule has 12 heteroatoms. The molecule has 0 fully saturated rings. The van der Waals surface area contributed by atoms with Crippen LogP contribution in [-0.2, 0) is 0 Å². The second-order valence-electron chi connectivity index (χ2n) is 34.1. The van der Waals surface area contributed by atoms with Gasteiger partial charge in [0.1, 0.15) is 0 Å². The molecule has 27 rings (SSSR count). The summed E-state index contributed by atoms with van der Waals surface area (Å²) in [6.45, 7) is 0. The van der Waals surface area contributed by atoms with Crippen molar-refractivity contribution < 1.29 is 0 Å². The van der Waals surface area contributed by atoms with Gasteiger partial charge in [-0.25, -0.2) is 29.9 Å². The molecule has 0 bridgehead atoms. The van der Waals surface area contributed by atoms with Crippen molar-refractivity contribution in [2.45, 2.75) is 0 Å². The molecular formula is C120H74N12. The molecule has 0 saturated heterocycles. The maximum Gasteiger partial charge on any atom is 0.166 e. The zero-order valence-corrected chi connectivity index (χ0v) is 71.1. The Morgan fingerprint density at radius 2 is 0.318 bits per heavy atom. The average Bonchev–Trinajstić information content (AvgIpc) is 1.56. The molecule has 0 aliphatic rings. The van der Waals surface area contributed by atoms with E-state index in [4.69, 9.17) is 29.9 Å². The van der Waals surface area contributed by atoms with E-state index in [1.807, 2.05) is 72.8 Å². The SMILES string of the molecule is c1ccc(-c2nc(-c3ccccc3)nc(-c3ccc(-c4cccc(-c5ccc(-c6nc(-c7ccccc7)nc(-c7ccccc7)n6)c(-n6c7ccc(-n8c9ccccc9c9ccccc98)cc7c7cc(-n8c9ccccc9c9ccccc98)ccc76)c5)c4)cc3-n3c4ccc(-n5c6ccccc6c6ccccc65)cc4c4cc(-n5c6ccccc6c6ccccc65)ccc43)n2)cc1. The first-order chi connectivity index (χ1) is 65.5. The fourth-order valence-corrected chi connectivity index (χ4v) is 20.8. The number of nitrogens with zero attached hydrogens (tertiary/aromatic N) is 12. The Labute approximate surface area is 756 Å². The number of hydrogen-bond acceptors (Lipinski definition) is 6. The van der Waals surface area contributed by atoms with E-state index in [0.717, 1.165) is 178 Å². The summed E-state index contributed by atoms with van der Waals surface area (Å²) in [5, 5.41) is 13.9. The summed E-state index contributed by atoms with van der Waals surface area (Å²) in [4.78, 5) is 32.7. The molecule has 12 nitrogen and oxygen atoms in total. The highest BCUT2D eigenvalue weighted by Crippen LogP contribution is 2.47. The Morgan fingerprint density at radius 3 is 0.561 bits per heavy atom. The van der Waals surface area contributed by atoms with Crippen LogP contribution in [0.15, 0.2) is 449 Å². The van der Waals surface area contributed by atoms with Gasteiger partial charge in [-0.1, -0.05) is 297 Å². The first-order valence-corrected chi connectivity index (χ1v) is 44.7. The van der Waals surface area contributed by atoms with Gasteiger partial charge in [-0.2, -0.15) is 0 Å². The van der Waals surface area contributed by atoms with Gasteiger partial charge in [-0.05, 0) is 174 Å². The lowest BCUT2D eigenvalue weighted by Gasteiger charge is -2.18. The van der Waals surface area contributed by atoms with Crippen molar-refractivity contribution in [2.75, 3.05) is 0 Å². The summed E-state index contributed by atoms with van der Waals surface area (Å²) in [5.41, 5.74) is 28.2. The molecular weight excluding hydrogens is 1610 g/mol. The summed E-state index contributed by atoms with van der Waals surface area (Å²) < 4.78 is 14.6. The molecule has 0 amide bonds. The van der Waals surface area contributed by atoms with Crippen LogP contribution in [0, 0.1) is 0 Å². The lowest BCUT2D eigenvalue weighted by atomic mass is 9.96. The zero-order chi connectivity index (χ0) is 86.6. The van der Waals surface area contributed by atoms with Gasteiger partial charge in [0, 0.05) is 121 Å². The minimum atomic E-state index is 0.533. The highest BCUT2D eigenvalue weighted by atomic mass is 15.1. The Hall–Kier alpha value is -18.0. The smallest absolute Gasteiger partial charge is 0.166 e. The maximum absolute atomic E-state index is 5.55. The third kappa shape index (κ3) is 11.8. The third-order valence-corrected chi connectivity index (χ3v) is 26.7. The van der Waals surface area contributed by atoms with Gasteiger partial charge >= 0.3 is 0 Å². The van der Waals surface area contributed by atoms with Crippen LogP contribution in [0.3, 0.4) is 0 Å². The minimum Gasteiger partial charge on any atom is -0.309 e. The Morgan fingerprint density at radius 1 is 0.121 bits per heavy atom. The highest BCUT2D eigenvalue weighted by Gasteiger charge is 2.28. The molecule has 0 N–H and O–H groups in total. The van der Waals surface area contributed by atoms with Crippen LogP contribution in [0.25, 0.3) is 256 Å². The molecule has 0 saturated carbocycles. The second kappa shape index (κ2) is 29.8. The Balaban J connectivity index is 0.700. The number of hydrogen-bond donors (Lipinski definition) is 0. The molecule has 0 aliphatic carbocycles. The summed E-state index contributed by atoms with van der Waals surface area (Å²) in [5.74, 6) is 3.34. The normalized spacial score (nSPS) is 11.9. The van der Waals surface area contributed by atoms with Crippen LogP contribution < -0.4 is 0 Å². The van der Waals surface area contributed by atoms with Gasteiger partial charge in [0.15, 0.2) is 34.9 Å². The van der Waals surface area contributed by atoms with Crippen molar-refractivity contribution in [1.82, 2.24) is 57.3 Å². The third-order valence-electron chi connectivity index (χ3n) is 26.7. The summed E-state index contributed by atoms with van der Waals surface area (Å²) >= 11 is 0. The molecule has 0 aliphatic heterocycles. The number of fused-ring (bicyclic) bond motifs is 18. The number of rotatable bonds is 14. The van der Waals surface area contributed by atoms with Crippen LogP contribution in [0.2, 0.25) is 0 Å². The summed E-state index contributed by atoms with van der Waals surface area (Å²) in [6, 6.07) is 162. The van der Waals surface area contributed by atoms with E-state index in [1.54, 1.807) is 0 Å². The molecule has 8 aromatic heterocycles. The van der Waals surface area contributed by atoms with Crippen LogP contribution in [-0.4, -0.2) is 57.3 Å². The van der Waals surface area contributed by atoms with Gasteiger partial charge in [-0.15, -0.1) is 0 Å². The molecule has 0 spiro atoms. The topological polar surface area (TPSA) is 107 Å². The first-order valence-electron chi connectivity index (χ1n) is 44.7. The van der Waals surface area contributed by atoms with Crippen LogP contribution in [0.5, 0.6) is 0 Å². The number of aromatic nitrogens is 12. The second-order valence-corrected chi connectivity index (χ2v) is 34.1. The predicted octanol–water partition coefficient (Wildman–Crippen LogP) is 30.0. The Kier molecular flexibility index (Phi) is 16.8. The van der Waals surface area contributed by atoms with Crippen LogP contribution >= 0.6 is 0 Å². The number of benzene rings is 19. The Bertz CT molecular complexity index is 8210. The van der Waals surface area contributed by atoms with Gasteiger partial charge in [0.2, 0.25) is 0 Å². The van der Waals surface area contributed by atoms with Crippen LogP contribution in [0.1, 0.15) is 0 Å². The zero-order valence-electron chi connectivity index (χ0n) is 71.1. The van der Waals surface area contributed by atoms with Crippen molar-refractivity contribution in [1.29, 1.82) is 0 Å². The van der Waals surface area contributed by atoms with Crippen LogP contribution in [0.4, 0.5) is 0 Å². The first kappa shape index (κ1) is 74.3.